The van der Waals surface area contributed by atoms with Gasteiger partial charge in [-0.2, -0.15) is 4.31 Å². The first-order valence-corrected chi connectivity index (χ1v) is 11.9. The van der Waals surface area contributed by atoms with E-state index in [-0.39, 0.29) is 30.0 Å². The van der Waals surface area contributed by atoms with E-state index in [4.69, 9.17) is 4.74 Å². The number of para-hydroxylation sites is 1. The van der Waals surface area contributed by atoms with Crippen LogP contribution in [0.4, 0.5) is 5.69 Å². The molecule has 7 heteroatoms. The SMILES string of the molecule is C[C@H]1Cc2ccccc2N1C(=O)COc1ccc(S(=O)(=O)N(C)Cc2ccccc2)cc1. The Morgan fingerprint density at radius 3 is 2.38 bits per heavy atom. The van der Waals surface area contributed by atoms with Gasteiger partial charge in [-0.1, -0.05) is 48.5 Å². The predicted molar refractivity (Wildman–Crippen MR) is 124 cm³/mol. The van der Waals surface area contributed by atoms with Crippen LogP contribution in [0.5, 0.6) is 5.75 Å². The highest BCUT2D eigenvalue weighted by Crippen LogP contribution is 2.32. The topological polar surface area (TPSA) is 66.9 Å². The average molecular weight is 451 g/mol. The molecule has 1 amide bonds. The van der Waals surface area contributed by atoms with E-state index >= 15 is 0 Å². The second-order valence-electron chi connectivity index (χ2n) is 7.95. The Morgan fingerprint density at radius 1 is 1.00 bits per heavy atom. The lowest BCUT2D eigenvalue weighted by atomic mass is 10.1. The number of carbonyl (C=O) groups is 1. The summed E-state index contributed by atoms with van der Waals surface area (Å²) >= 11 is 0. The Morgan fingerprint density at radius 2 is 1.66 bits per heavy atom. The number of anilines is 1. The van der Waals surface area contributed by atoms with E-state index in [1.54, 1.807) is 24.1 Å². The summed E-state index contributed by atoms with van der Waals surface area (Å²) < 4.78 is 32.7. The zero-order valence-electron chi connectivity index (χ0n) is 18.1. The lowest BCUT2D eigenvalue weighted by molar-refractivity contribution is -0.120. The van der Waals surface area contributed by atoms with E-state index in [1.165, 1.54) is 16.4 Å². The number of benzene rings is 3. The van der Waals surface area contributed by atoms with Crippen LogP contribution < -0.4 is 9.64 Å². The molecule has 1 aliphatic rings. The maximum atomic E-state index is 12.9. The Balaban J connectivity index is 1.39. The predicted octanol–water partition coefficient (Wildman–Crippen LogP) is 3.86. The fourth-order valence-corrected chi connectivity index (χ4v) is 5.13. The highest BCUT2D eigenvalue weighted by molar-refractivity contribution is 7.89. The van der Waals surface area contributed by atoms with E-state index < -0.39 is 10.0 Å². The van der Waals surface area contributed by atoms with Gasteiger partial charge in [0.1, 0.15) is 5.75 Å². The van der Waals surface area contributed by atoms with Crippen molar-refractivity contribution in [3.8, 4) is 5.75 Å². The van der Waals surface area contributed by atoms with Gasteiger partial charge in [0.05, 0.1) is 4.90 Å². The van der Waals surface area contributed by atoms with Crippen LogP contribution in [-0.2, 0) is 27.8 Å². The molecule has 0 fully saturated rings. The van der Waals surface area contributed by atoms with Gasteiger partial charge in [-0.3, -0.25) is 4.79 Å². The first-order chi connectivity index (χ1) is 15.4. The standard InChI is InChI=1S/C25H26N2O4S/c1-19-16-21-10-6-7-11-24(21)27(19)25(28)18-31-22-12-14-23(15-13-22)32(29,30)26(2)17-20-8-4-3-5-9-20/h3-15,19H,16-18H2,1-2H3/t19-/m0/s1. The summed E-state index contributed by atoms with van der Waals surface area (Å²) in [6, 6.07) is 23.6. The molecular formula is C25H26N2O4S. The molecule has 6 nitrogen and oxygen atoms in total. The fourth-order valence-electron chi connectivity index (χ4n) is 3.97. The number of nitrogens with zero attached hydrogens (tertiary/aromatic N) is 2. The van der Waals surface area contributed by atoms with Crippen LogP contribution in [0.2, 0.25) is 0 Å². The molecule has 1 heterocycles. The van der Waals surface area contributed by atoms with Crippen LogP contribution in [0, 0.1) is 0 Å². The van der Waals surface area contributed by atoms with Crippen LogP contribution in [-0.4, -0.2) is 38.3 Å². The summed E-state index contributed by atoms with van der Waals surface area (Å²) in [5.41, 5.74) is 2.99. The summed E-state index contributed by atoms with van der Waals surface area (Å²) in [5.74, 6) is 0.324. The molecule has 32 heavy (non-hydrogen) atoms. The first-order valence-electron chi connectivity index (χ1n) is 10.5. The van der Waals surface area contributed by atoms with Gasteiger partial charge in [0, 0.05) is 25.3 Å². The van der Waals surface area contributed by atoms with Crippen molar-refractivity contribution in [2.45, 2.75) is 30.8 Å². The monoisotopic (exact) mass is 450 g/mol. The Bertz CT molecular complexity index is 1190. The van der Waals surface area contributed by atoms with Crippen molar-refractivity contribution in [3.63, 3.8) is 0 Å². The van der Waals surface area contributed by atoms with Gasteiger partial charge < -0.3 is 9.64 Å². The molecule has 166 valence electrons. The minimum absolute atomic E-state index is 0.0798. The summed E-state index contributed by atoms with van der Waals surface area (Å²) in [6.45, 7) is 2.19. The van der Waals surface area contributed by atoms with Crippen molar-refractivity contribution in [1.29, 1.82) is 0 Å². The highest BCUT2D eigenvalue weighted by atomic mass is 32.2. The third kappa shape index (κ3) is 4.54. The van der Waals surface area contributed by atoms with Crippen molar-refractivity contribution in [3.05, 3.63) is 90.0 Å². The number of hydrogen-bond donors (Lipinski definition) is 0. The number of ether oxygens (including phenoxy) is 1. The Hall–Kier alpha value is -3.16. The number of carbonyl (C=O) groups excluding carboxylic acids is 1. The summed E-state index contributed by atoms with van der Waals surface area (Å²) in [4.78, 5) is 14.7. The molecule has 0 aliphatic carbocycles. The van der Waals surface area contributed by atoms with E-state index in [1.807, 2.05) is 61.5 Å². The molecule has 0 aromatic heterocycles. The van der Waals surface area contributed by atoms with Crippen LogP contribution in [0.25, 0.3) is 0 Å². The zero-order chi connectivity index (χ0) is 22.7. The molecule has 0 saturated heterocycles. The lowest BCUT2D eigenvalue weighted by Crippen LogP contribution is -2.39. The molecular weight excluding hydrogens is 424 g/mol. The second kappa shape index (κ2) is 9.14. The van der Waals surface area contributed by atoms with Gasteiger partial charge in [0.2, 0.25) is 10.0 Å². The maximum Gasteiger partial charge on any atom is 0.265 e. The number of amides is 1. The van der Waals surface area contributed by atoms with Gasteiger partial charge in [0.25, 0.3) is 5.91 Å². The van der Waals surface area contributed by atoms with Crippen LogP contribution >= 0.6 is 0 Å². The molecule has 0 N–H and O–H groups in total. The van der Waals surface area contributed by atoms with Crippen molar-refractivity contribution in [2.24, 2.45) is 0 Å². The van der Waals surface area contributed by atoms with Crippen molar-refractivity contribution in [1.82, 2.24) is 4.31 Å². The highest BCUT2D eigenvalue weighted by Gasteiger charge is 2.30. The minimum Gasteiger partial charge on any atom is -0.484 e. The minimum atomic E-state index is -3.64. The number of sulfonamides is 1. The average Bonchev–Trinajstić information content (AvgIpc) is 3.14. The molecule has 4 rings (SSSR count). The van der Waals surface area contributed by atoms with Gasteiger partial charge >= 0.3 is 0 Å². The molecule has 0 bridgehead atoms. The van der Waals surface area contributed by atoms with E-state index in [9.17, 15) is 13.2 Å². The summed E-state index contributed by atoms with van der Waals surface area (Å²) in [6.07, 6.45) is 0.824. The second-order valence-corrected chi connectivity index (χ2v) is 10.00. The van der Waals surface area contributed by atoms with Gasteiger partial charge in [-0.25, -0.2) is 8.42 Å². The number of hydrogen-bond acceptors (Lipinski definition) is 4. The third-order valence-electron chi connectivity index (χ3n) is 5.62. The normalized spacial score (nSPS) is 15.6. The molecule has 0 spiro atoms. The van der Waals surface area contributed by atoms with Crippen molar-refractivity contribution >= 4 is 21.6 Å². The van der Waals surface area contributed by atoms with Gasteiger partial charge in [-0.15, -0.1) is 0 Å². The smallest absolute Gasteiger partial charge is 0.265 e. The van der Waals surface area contributed by atoms with Crippen molar-refractivity contribution < 1.29 is 17.9 Å². The van der Waals surface area contributed by atoms with E-state index in [0.29, 0.717) is 5.75 Å². The molecule has 0 saturated carbocycles. The third-order valence-corrected chi connectivity index (χ3v) is 7.44. The molecule has 1 atom stereocenters. The molecule has 0 radical (unpaired) electrons. The molecule has 1 aliphatic heterocycles. The molecule has 0 unspecified atom stereocenters. The van der Waals surface area contributed by atoms with Crippen LogP contribution in [0.3, 0.4) is 0 Å². The quantitative estimate of drug-likeness (QED) is 0.548. The Kier molecular flexibility index (Phi) is 6.30. The van der Waals surface area contributed by atoms with E-state index in [2.05, 4.69) is 0 Å². The summed E-state index contributed by atoms with van der Waals surface area (Å²) in [5, 5.41) is 0. The molecule has 3 aromatic rings. The molecule has 3 aromatic carbocycles. The first kappa shape index (κ1) is 22.0. The fraction of sp³-hybridized carbons (Fsp3) is 0.240. The van der Waals surface area contributed by atoms with Crippen LogP contribution in [0.1, 0.15) is 18.1 Å². The van der Waals surface area contributed by atoms with E-state index in [0.717, 1.165) is 23.2 Å². The zero-order valence-corrected chi connectivity index (χ0v) is 19.0. The number of fused-ring (bicyclic) bond motifs is 1. The summed E-state index contributed by atoms with van der Waals surface area (Å²) in [7, 11) is -2.08. The van der Waals surface area contributed by atoms with Crippen LogP contribution in [0.15, 0.2) is 83.8 Å². The Labute approximate surface area is 189 Å². The van der Waals surface area contributed by atoms with Crippen molar-refractivity contribution in [2.75, 3.05) is 18.6 Å². The number of rotatable bonds is 7. The lowest BCUT2D eigenvalue weighted by Gasteiger charge is -2.22. The maximum absolute atomic E-state index is 12.9. The van der Waals surface area contributed by atoms with Gasteiger partial charge in [-0.05, 0) is 54.8 Å². The largest absolute Gasteiger partial charge is 0.484 e. The van der Waals surface area contributed by atoms with Gasteiger partial charge in [0.15, 0.2) is 6.61 Å².